The minimum Gasteiger partial charge on any atom is -0.489 e. The summed E-state index contributed by atoms with van der Waals surface area (Å²) in [7, 11) is -3.78. The smallest absolute Gasteiger partial charge is 0.257 e. The van der Waals surface area contributed by atoms with Gasteiger partial charge in [0.05, 0.1) is 15.5 Å². The Labute approximate surface area is 191 Å². The molecule has 3 aromatic carbocycles. The number of carbonyl (C=O) groups is 1. The van der Waals surface area contributed by atoms with Gasteiger partial charge >= 0.3 is 0 Å². The van der Waals surface area contributed by atoms with E-state index in [-0.39, 0.29) is 33.9 Å². The number of halogens is 2. The van der Waals surface area contributed by atoms with Crippen LogP contribution in [0, 0.1) is 5.82 Å². The average molecular weight is 477 g/mol. The molecule has 0 aliphatic rings. The Hall–Kier alpha value is -2.94. The fraction of sp³-hybridized carbons (Fsp3) is 0.174. The first-order chi connectivity index (χ1) is 15.1. The van der Waals surface area contributed by atoms with E-state index in [1.54, 1.807) is 50.2 Å². The molecule has 2 N–H and O–H groups in total. The van der Waals surface area contributed by atoms with Crippen LogP contribution in [0.2, 0.25) is 5.02 Å². The van der Waals surface area contributed by atoms with E-state index in [4.69, 9.17) is 16.3 Å². The van der Waals surface area contributed by atoms with Crippen molar-refractivity contribution >= 4 is 33.2 Å². The summed E-state index contributed by atoms with van der Waals surface area (Å²) in [6.07, 6.45) is 0. The van der Waals surface area contributed by atoms with Crippen LogP contribution in [-0.2, 0) is 16.6 Å². The summed E-state index contributed by atoms with van der Waals surface area (Å²) in [5.74, 6) is -0.392. The molecule has 0 unspecified atom stereocenters. The van der Waals surface area contributed by atoms with E-state index in [1.165, 1.54) is 30.3 Å². The largest absolute Gasteiger partial charge is 0.489 e. The Kier molecular flexibility index (Phi) is 7.50. The lowest BCUT2D eigenvalue weighted by atomic mass is 10.2. The summed E-state index contributed by atoms with van der Waals surface area (Å²) < 4.78 is 46.0. The number of hydrogen-bond acceptors (Lipinski definition) is 4. The highest BCUT2D eigenvalue weighted by Crippen LogP contribution is 2.24. The lowest BCUT2D eigenvalue weighted by Gasteiger charge is -2.12. The molecule has 0 radical (unpaired) electrons. The second kappa shape index (κ2) is 10.1. The van der Waals surface area contributed by atoms with E-state index in [1.807, 2.05) is 0 Å². The van der Waals surface area contributed by atoms with Gasteiger partial charge in [-0.1, -0.05) is 29.8 Å². The van der Waals surface area contributed by atoms with Gasteiger partial charge in [0.1, 0.15) is 18.2 Å². The van der Waals surface area contributed by atoms with Crippen molar-refractivity contribution in [1.29, 1.82) is 0 Å². The summed E-state index contributed by atoms with van der Waals surface area (Å²) in [5, 5.41) is 2.82. The van der Waals surface area contributed by atoms with Gasteiger partial charge in [-0.3, -0.25) is 4.79 Å². The Morgan fingerprint density at radius 1 is 1.06 bits per heavy atom. The normalized spacial score (nSPS) is 11.4. The minimum atomic E-state index is -3.78. The highest BCUT2D eigenvalue weighted by atomic mass is 35.5. The molecule has 0 bridgehead atoms. The van der Waals surface area contributed by atoms with Gasteiger partial charge in [0, 0.05) is 17.8 Å². The van der Waals surface area contributed by atoms with Crippen LogP contribution in [-0.4, -0.2) is 20.4 Å². The zero-order chi connectivity index (χ0) is 23.3. The van der Waals surface area contributed by atoms with E-state index in [9.17, 15) is 17.6 Å². The van der Waals surface area contributed by atoms with Crippen molar-refractivity contribution in [2.75, 3.05) is 5.32 Å². The third-order valence-corrected chi connectivity index (χ3v) is 6.28. The number of rotatable bonds is 8. The fourth-order valence-corrected chi connectivity index (χ4v) is 4.31. The molecule has 6 nitrogen and oxygen atoms in total. The molecule has 0 aliphatic carbocycles. The summed E-state index contributed by atoms with van der Waals surface area (Å²) >= 11 is 6.15. The van der Waals surface area contributed by atoms with E-state index in [0.717, 1.165) is 5.56 Å². The van der Waals surface area contributed by atoms with Crippen molar-refractivity contribution in [3.8, 4) is 5.75 Å². The number of amides is 1. The number of ether oxygens (including phenoxy) is 1. The van der Waals surface area contributed by atoms with Gasteiger partial charge in [-0.25, -0.2) is 17.5 Å². The Morgan fingerprint density at radius 3 is 2.47 bits per heavy atom. The molecule has 0 spiro atoms. The first kappa shape index (κ1) is 23.7. The summed E-state index contributed by atoms with van der Waals surface area (Å²) in [4.78, 5) is 12.7. The number of sulfonamides is 1. The van der Waals surface area contributed by atoms with Crippen LogP contribution in [0.15, 0.2) is 71.6 Å². The van der Waals surface area contributed by atoms with Crippen molar-refractivity contribution in [3.05, 3.63) is 88.7 Å². The Morgan fingerprint density at radius 2 is 1.78 bits per heavy atom. The van der Waals surface area contributed by atoms with Crippen molar-refractivity contribution < 1.29 is 22.3 Å². The zero-order valence-electron chi connectivity index (χ0n) is 17.4. The van der Waals surface area contributed by atoms with E-state index in [2.05, 4.69) is 10.0 Å². The van der Waals surface area contributed by atoms with E-state index in [0.29, 0.717) is 11.4 Å². The van der Waals surface area contributed by atoms with Crippen molar-refractivity contribution in [3.63, 3.8) is 0 Å². The average Bonchev–Trinajstić information content (AvgIpc) is 2.73. The first-order valence-electron chi connectivity index (χ1n) is 9.74. The predicted octanol–water partition coefficient (Wildman–Crippen LogP) is 5.00. The molecule has 0 saturated carbocycles. The number of benzene rings is 3. The Bertz CT molecular complexity index is 1210. The molecule has 0 aliphatic heterocycles. The molecule has 3 aromatic rings. The lowest BCUT2D eigenvalue weighted by Crippen LogP contribution is -2.30. The SMILES string of the molecule is CC(C)NS(=O)(=O)c1ccc(Cl)c(C(=O)Nc2cccc(OCc3ccc(F)cc3)c2)c1. The summed E-state index contributed by atoms with van der Waals surface area (Å²) in [6.45, 7) is 3.63. The Balaban J connectivity index is 1.73. The van der Waals surface area contributed by atoms with Crippen LogP contribution in [0.4, 0.5) is 10.1 Å². The molecule has 32 heavy (non-hydrogen) atoms. The molecule has 0 saturated heterocycles. The highest BCUT2D eigenvalue weighted by Gasteiger charge is 2.19. The standard InChI is InChI=1S/C23H22ClFN2O4S/c1-15(2)27-32(29,30)20-10-11-22(24)21(13-20)23(28)26-18-4-3-5-19(12-18)31-14-16-6-8-17(25)9-7-16/h3-13,15,27H,14H2,1-2H3,(H,26,28). The molecular weight excluding hydrogens is 455 g/mol. The number of anilines is 1. The molecule has 9 heteroatoms. The van der Waals surface area contributed by atoms with E-state index >= 15 is 0 Å². The first-order valence-corrected chi connectivity index (χ1v) is 11.6. The number of carbonyl (C=O) groups excluding carboxylic acids is 1. The third kappa shape index (κ3) is 6.29. The second-order valence-electron chi connectivity index (χ2n) is 7.31. The molecular formula is C23H22ClFN2O4S. The maximum absolute atomic E-state index is 13.0. The van der Waals surface area contributed by atoms with Crippen molar-refractivity contribution in [2.24, 2.45) is 0 Å². The number of hydrogen-bond donors (Lipinski definition) is 2. The maximum atomic E-state index is 13.0. The van der Waals surface area contributed by atoms with Gasteiger partial charge in [0.2, 0.25) is 10.0 Å². The summed E-state index contributed by atoms with van der Waals surface area (Å²) in [6, 6.07) is 16.3. The molecule has 0 aromatic heterocycles. The fourth-order valence-electron chi connectivity index (χ4n) is 2.83. The van der Waals surface area contributed by atoms with Gasteiger partial charge in [0.15, 0.2) is 0 Å². The van der Waals surface area contributed by atoms with Crippen molar-refractivity contribution in [1.82, 2.24) is 4.72 Å². The molecule has 3 rings (SSSR count). The van der Waals surface area contributed by atoms with Crippen LogP contribution in [0.3, 0.4) is 0 Å². The van der Waals surface area contributed by atoms with E-state index < -0.39 is 15.9 Å². The number of nitrogens with one attached hydrogen (secondary N) is 2. The third-order valence-electron chi connectivity index (χ3n) is 4.29. The minimum absolute atomic E-state index is 0.0240. The second-order valence-corrected chi connectivity index (χ2v) is 9.44. The van der Waals surface area contributed by atoms with Gasteiger partial charge < -0.3 is 10.1 Å². The molecule has 168 valence electrons. The van der Waals surface area contributed by atoms with Crippen molar-refractivity contribution in [2.45, 2.75) is 31.4 Å². The quantitative estimate of drug-likeness (QED) is 0.479. The molecule has 0 heterocycles. The predicted molar refractivity (Wildman–Crippen MR) is 122 cm³/mol. The van der Waals surface area contributed by atoms with Crippen LogP contribution in [0.1, 0.15) is 29.8 Å². The zero-order valence-corrected chi connectivity index (χ0v) is 19.0. The van der Waals surface area contributed by atoms with Crippen LogP contribution >= 0.6 is 11.6 Å². The van der Waals surface area contributed by atoms with Crippen LogP contribution < -0.4 is 14.8 Å². The van der Waals surface area contributed by atoms with Gasteiger partial charge in [-0.15, -0.1) is 0 Å². The monoisotopic (exact) mass is 476 g/mol. The van der Waals surface area contributed by atoms with Crippen LogP contribution in [0.25, 0.3) is 0 Å². The molecule has 1 amide bonds. The topological polar surface area (TPSA) is 84.5 Å². The molecule has 0 atom stereocenters. The van der Waals surface area contributed by atoms with Gasteiger partial charge in [-0.2, -0.15) is 0 Å². The van der Waals surface area contributed by atoms with Gasteiger partial charge in [0.25, 0.3) is 5.91 Å². The maximum Gasteiger partial charge on any atom is 0.257 e. The molecule has 0 fully saturated rings. The highest BCUT2D eigenvalue weighted by molar-refractivity contribution is 7.89. The van der Waals surface area contributed by atoms with Gasteiger partial charge in [-0.05, 0) is 61.9 Å². The lowest BCUT2D eigenvalue weighted by molar-refractivity contribution is 0.102. The summed E-state index contributed by atoms with van der Waals surface area (Å²) in [5.41, 5.74) is 1.26. The van der Waals surface area contributed by atoms with Crippen LogP contribution in [0.5, 0.6) is 5.75 Å².